The first-order valence-corrected chi connectivity index (χ1v) is 23.6. The van der Waals surface area contributed by atoms with Crippen LogP contribution in [-0.2, 0) is 61.0 Å². The van der Waals surface area contributed by atoms with E-state index in [1.54, 1.807) is 12.4 Å². The summed E-state index contributed by atoms with van der Waals surface area (Å²) in [6, 6.07) is 25.1. The molecule has 0 saturated carbocycles. The average molecular weight is 932 g/mol. The number of H-pyrrole nitrogens is 2. The molecule has 69 heavy (non-hydrogen) atoms. The van der Waals surface area contributed by atoms with Gasteiger partial charge in [-0.1, -0.05) is 91.0 Å². The molecule has 2 fully saturated rings. The van der Waals surface area contributed by atoms with Crippen LogP contribution in [0.2, 0.25) is 0 Å². The SMILES string of the molecule is NC(N)=NCCC[C@@H]1NC(=O)[C@H](Cc2c[nH]c3ccccc23)NC(=O)[C@@H](Cc2ccccc2)NC(=O)[C@H](Cc2c[nH]c3ccccc23)NC(=O)[C@@H]2Cc3ccccc3CN2C(=O)[C@H]2CCCN2C1=O. The summed E-state index contributed by atoms with van der Waals surface area (Å²) in [5.74, 6) is -3.49. The van der Waals surface area contributed by atoms with Crippen molar-refractivity contribution < 1.29 is 28.8 Å². The van der Waals surface area contributed by atoms with Gasteiger partial charge in [-0.3, -0.25) is 33.8 Å². The summed E-state index contributed by atoms with van der Waals surface area (Å²) >= 11 is 0. The zero-order chi connectivity index (χ0) is 48.0. The number of para-hydroxylation sites is 2. The number of nitrogens with zero attached hydrogens (tertiary/aromatic N) is 3. The molecule has 10 N–H and O–H groups in total. The minimum Gasteiger partial charge on any atom is -0.370 e. The Hall–Kier alpha value is -7.95. The molecule has 4 aromatic carbocycles. The van der Waals surface area contributed by atoms with Gasteiger partial charge in [0.2, 0.25) is 35.4 Å². The number of amides is 6. The highest BCUT2D eigenvalue weighted by Gasteiger charge is 2.45. The van der Waals surface area contributed by atoms with E-state index in [1.165, 1.54) is 9.80 Å². The molecule has 17 heteroatoms. The molecule has 6 aromatic rings. The molecular weight excluding hydrogens is 875 g/mol. The van der Waals surface area contributed by atoms with Gasteiger partial charge in [-0.2, -0.15) is 0 Å². The van der Waals surface area contributed by atoms with Gasteiger partial charge in [-0.15, -0.1) is 0 Å². The number of nitrogens with two attached hydrogens (primary N) is 2. The van der Waals surface area contributed by atoms with E-state index < -0.39 is 71.7 Å². The van der Waals surface area contributed by atoms with Crippen LogP contribution in [0.3, 0.4) is 0 Å². The molecule has 0 radical (unpaired) electrons. The van der Waals surface area contributed by atoms with Gasteiger partial charge in [0.25, 0.3) is 0 Å². The van der Waals surface area contributed by atoms with Crippen LogP contribution in [0.15, 0.2) is 121 Å². The molecule has 6 amide bonds. The lowest BCUT2D eigenvalue weighted by Crippen LogP contribution is -2.63. The van der Waals surface area contributed by atoms with E-state index in [0.29, 0.717) is 19.3 Å². The molecule has 0 aliphatic carbocycles. The van der Waals surface area contributed by atoms with Crippen LogP contribution in [0, 0.1) is 0 Å². The molecule has 6 atom stereocenters. The fourth-order valence-electron chi connectivity index (χ4n) is 10.0. The lowest BCUT2D eigenvalue weighted by atomic mass is 9.92. The Morgan fingerprint density at radius 1 is 0.565 bits per heavy atom. The zero-order valence-electron chi connectivity index (χ0n) is 38.2. The molecule has 3 aliphatic heterocycles. The standard InChI is InChI=1S/C52H57N11O6/c53-52(54)55-22-10-20-40-50(68)62-23-11-21-44(62)51(69)63-30-33-15-5-4-14-32(33)27-45(63)49(67)61-43(26-35-29-57-39-19-9-7-17-37(35)39)48(66)59-41(24-31-12-2-1-3-13-31)46(64)60-42(47(65)58-40)25-34-28-56-38-18-8-6-16-36(34)38/h1-9,12-19,28-29,40-45,56-57H,10-11,20-27,30H2,(H,58,65)(H,59,66)(H,60,64)(H,61,67)(H4,53,54,55)/t40-,41+,42-,43-,44+,45-/m0/s1. The Balaban J connectivity index is 1.13. The minimum atomic E-state index is -1.24. The predicted molar refractivity (Wildman–Crippen MR) is 261 cm³/mol. The summed E-state index contributed by atoms with van der Waals surface area (Å²) in [6.45, 7) is 0.505. The van der Waals surface area contributed by atoms with Crippen molar-refractivity contribution in [1.29, 1.82) is 0 Å². The number of benzene rings is 4. The van der Waals surface area contributed by atoms with Crippen molar-refractivity contribution in [2.24, 2.45) is 16.5 Å². The number of aliphatic imine (C=N–C) groups is 1. The van der Waals surface area contributed by atoms with Crippen LogP contribution in [0.25, 0.3) is 21.8 Å². The third-order valence-corrected chi connectivity index (χ3v) is 13.6. The third-order valence-electron chi connectivity index (χ3n) is 13.6. The summed E-state index contributed by atoms with van der Waals surface area (Å²) in [5.41, 5.74) is 16.9. The normalized spacial score (nSPS) is 22.7. The molecule has 0 bridgehead atoms. The largest absolute Gasteiger partial charge is 0.370 e. The first-order valence-electron chi connectivity index (χ1n) is 23.6. The zero-order valence-corrected chi connectivity index (χ0v) is 38.2. The monoisotopic (exact) mass is 931 g/mol. The van der Waals surface area contributed by atoms with E-state index >= 15 is 4.79 Å². The lowest BCUT2D eigenvalue weighted by molar-refractivity contribution is -0.150. The van der Waals surface area contributed by atoms with E-state index in [1.807, 2.05) is 103 Å². The van der Waals surface area contributed by atoms with Crippen LogP contribution >= 0.6 is 0 Å². The predicted octanol–water partition coefficient (Wildman–Crippen LogP) is 2.63. The van der Waals surface area contributed by atoms with E-state index in [-0.39, 0.29) is 57.7 Å². The molecule has 3 aliphatic rings. The van der Waals surface area contributed by atoms with Crippen molar-refractivity contribution in [3.63, 3.8) is 0 Å². The van der Waals surface area contributed by atoms with Gasteiger partial charge >= 0.3 is 0 Å². The van der Waals surface area contributed by atoms with Crippen LogP contribution in [0.4, 0.5) is 0 Å². The lowest BCUT2D eigenvalue weighted by Gasteiger charge is -2.40. The Bertz CT molecular complexity index is 2910. The Kier molecular flexibility index (Phi) is 13.7. The highest BCUT2D eigenvalue weighted by Crippen LogP contribution is 2.29. The molecule has 17 nitrogen and oxygen atoms in total. The van der Waals surface area contributed by atoms with E-state index in [2.05, 4.69) is 36.2 Å². The van der Waals surface area contributed by atoms with Gasteiger partial charge in [-0.25, -0.2) is 0 Å². The summed E-state index contributed by atoms with van der Waals surface area (Å²) in [6.07, 6.45) is 5.09. The van der Waals surface area contributed by atoms with Gasteiger partial charge < -0.3 is 52.5 Å². The average Bonchev–Trinajstić information content (AvgIpc) is 4.13. The molecule has 356 valence electrons. The number of fused-ring (bicyclic) bond motifs is 5. The second kappa shape index (κ2) is 20.5. The van der Waals surface area contributed by atoms with Gasteiger partial charge in [0, 0.05) is 79.5 Å². The molecule has 2 saturated heterocycles. The van der Waals surface area contributed by atoms with Crippen molar-refractivity contribution in [3.8, 4) is 0 Å². The maximum atomic E-state index is 15.1. The quantitative estimate of drug-likeness (QED) is 0.0575. The van der Waals surface area contributed by atoms with Crippen LogP contribution in [0.5, 0.6) is 0 Å². The maximum absolute atomic E-state index is 15.1. The van der Waals surface area contributed by atoms with Gasteiger partial charge in [0.15, 0.2) is 5.96 Å². The van der Waals surface area contributed by atoms with Crippen molar-refractivity contribution in [2.75, 3.05) is 13.1 Å². The molecule has 0 unspecified atom stereocenters. The van der Waals surface area contributed by atoms with Crippen LogP contribution < -0.4 is 32.7 Å². The van der Waals surface area contributed by atoms with Gasteiger partial charge in [0.05, 0.1) is 0 Å². The van der Waals surface area contributed by atoms with Crippen LogP contribution in [-0.4, -0.2) is 111 Å². The number of aromatic amines is 2. The van der Waals surface area contributed by atoms with Gasteiger partial charge in [0.1, 0.15) is 36.3 Å². The Morgan fingerprint density at radius 2 is 1.10 bits per heavy atom. The minimum absolute atomic E-state index is 0.0182. The number of rotatable bonds is 10. The van der Waals surface area contributed by atoms with E-state index in [0.717, 1.165) is 49.6 Å². The number of carbonyl (C=O) groups excluding carboxylic acids is 6. The summed E-state index contributed by atoms with van der Waals surface area (Å²) in [5, 5.41) is 13.6. The fourth-order valence-corrected chi connectivity index (χ4v) is 10.0. The second-order valence-electron chi connectivity index (χ2n) is 18.2. The number of aromatic nitrogens is 2. The summed E-state index contributed by atoms with van der Waals surface area (Å²) in [7, 11) is 0. The van der Waals surface area contributed by atoms with Crippen molar-refractivity contribution in [1.82, 2.24) is 41.0 Å². The summed E-state index contributed by atoms with van der Waals surface area (Å²) in [4.78, 5) is 103. The van der Waals surface area contributed by atoms with Crippen molar-refractivity contribution >= 4 is 63.2 Å². The number of hydrogen-bond donors (Lipinski definition) is 8. The van der Waals surface area contributed by atoms with Crippen molar-refractivity contribution in [3.05, 3.63) is 143 Å². The van der Waals surface area contributed by atoms with E-state index in [4.69, 9.17) is 11.5 Å². The Labute approximate surface area is 398 Å². The molecule has 9 rings (SSSR count). The van der Waals surface area contributed by atoms with E-state index in [9.17, 15) is 24.0 Å². The smallest absolute Gasteiger partial charge is 0.246 e. The van der Waals surface area contributed by atoms with Gasteiger partial charge in [-0.05, 0) is 65.6 Å². The number of nitrogens with one attached hydrogen (secondary N) is 6. The molecule has 2 aromatic heterocycles. The highest BCUT2D eigenvalue weighted by molar-refractivity contribution is 5.99. The highest BCUT2D eigenvalue weighted by atomic mass is 16.2. The maximum Gasteiger partial charge on any atom is 0.246 e. The number of carbonyl (C=O) groups is 6. The summed E-state index contributed by atoms with van der Waals surface area (Å²) < 4.78 is 0. The second-order valence-corrected chi connectivity index (χ2v) is 18.2. The Morgan fingerprint density at radius 3 is 1.72 bits per heavy atom. The molecule has 5 heterocycles. The third kappa shape index (κ3) is 10.3. The first kappa shape index (κ1) is 46.2. The number of hydrogen-bond acceptors (Lipinski definition) is 7. The first-order chi connectivity index (χ1) is 33.5. The fraction of sp³-hybridized carbons (Fsp3) is 0.327. The number of guanidine groups is 1. The van der Waals surface area contributed by atoms with Crippen LogP contribution in [0.1, 0.15) is 53.5 Å². The molecular formula is C52H57N11O6. The topological polar surface area (TPSA) is 253 Å². The van der Waals surface area contributed by atoms with Crippen molar-refractivity contribution in [2.45, 2.75) is 94.2 Å². The molecule has 0 spiro atoms.